The van der Waals surface area contributed by atoms with E-state index < -0.39 is 12.5 Å². The fraction of sp³-hybridized carbons (Fsp3) is 0.375. The molecule has 0 spiro atoms. The van der Waals surface area contributed by atoms with Gasteiger partial charge in [-0.3, -0.25) is 4.79 Å². The van der Waals surface area contributed by atoms with Crippen molar-refractivity contribution in [3.05, 3.63) is 23.3 Å². The Morgan fingerprint density at radius 1 is 1.28 bits per heavy atom. The highest BCUT2D eigenvalue weighted by Crippen LogP contribution is 2.40. The molecule has 25 heavy (non-hydrogen) atoms. The molecule has 1 N–H and O–H groups in total. The number of rotatable bonds is 9. The molecule has 1 rings (SSSR count). The molecule has 0 heterocycles. The van der Waals surface area contributed by atoms with Crippen molar-refractivity contribution < 1.29 is 32.5 Å². The molecule has 0 saturated heterocycles. The summed E-state index contributed by atoms with van der Waals surface area (Å²) in [5.41, 5.74) is 0.163. The van der Waals surface area contributed by atoms with E-state index in [4.69, 9.17) is 19.5 Å². The zero-order valence-corrected chi connectivity index (χ0v) is 14.0. The van der Waals surface area contributed by atoms with Gasteiger partial charge in [-0.2, -0.15) is 14.0 Å². The highest BCUT2D eigenvalue weighted by atomic mass is 19.3. The van der Waals surface area contributed by atoms with Gasteiger partial charge in [-0.1, -0.05) is 0 Å². The summed E-state index contributed by atoms with van der Waals surface area (Å²) in [6.07, 6.45) is 1.28. The lowest BCUT2D eigenvalue weighted by Crippen LogP contribution is -2.27. The van der Waals surface area contributed by atoms with Gasteiger partial charge in [-0.05, 0) is 23.8 Å². The zero-order valence-electron chi connectivity index (χ0n) is 14.0. The van der Waals surface area contributed by atoms with Crippen LogP contribution in [-0.2, 0) is 9.53 Å². The minimum absolute atomic E-state index is 0.0250. The molecule has 0 aliphatic rings. The second-order valence-corrected chi connectivity index (χ2v) is 4.55. The fourth-order valence-electron chi connectivity index (χ4n) is 1.87. The van der Waals surface area contributed by atoms with Gasteiger partial charge < -0.3 is 24.3 Å². The van der Waals surface area contributed by atoms with E-state index >= 15 is 0 Å². The van der Waals surface area contributed by atoms with Gasteiger partial charge in [0.1, 0.15) is 11.6 Å². The lowest BCUT2D eigenvalue weighted by Gasteiger charge is -2.14. The number of alkyl halides is 2. The zero-order chi connectivity index (χ0) is 18.8. The lowest BCUT2D eigenvalue weighted by molar-refractivity contribution is -0.117. The average molecular weight is 356 g/mol. The highest BCUT2D eigenvalue weighted by molar-refractivity contribution is 6.01. The molecule has 0 radical (unpaired) electrons. The van der Waals surface area contributed by atoms with E-state index in [1.54, 1.807) is 6.07 Å². The minimum atomic E-state index is -3.06. The maximum atomic E-state index is 12.5. The quantitative estimate of drug-likeness (QED) is 0.413. The van der Waals surface area contributed by atoms with Crippen molar-refractivity contribution in [2.75, 3.05) is 34.5 Å². The normalized spacial score (nSPS) is 11.0. The average Bonchev–Trinajstić information content (AvgIpc) is 2.59. The lowest BCUT2D eigenvalue weighted by atomic mass is 10.1. The Bertz CT molecular complexity index is 646. The molecule has 0 aromatic heterocycles. The number of carbonyl (C=O) groups is 1. The molecule has 0 atom stereocenters. The maximum Gasteiger partial charge on any atom is 0.387 e. The van der Waals surface area contributed by atoms with Gasteiger partial charge in [-0.15, -0.1) is 0 Å². The van der Waals surface area contributed by atoms with Crippen LogP contribution < -0.4 is 19.5 Å². The van der Waals surface area contributed by atoms with Crippen molar-refractivity contribution in [2.45, 2.75) is 6.61 Å². The second-order valence-electron chi connectivity index (χ2n) is 4.55. The summed E-state index contributed by atoms with van der Waals surface area (Å²) in [6.45, 7) is -2.53. The summed E-state index contributed by atoms with van der Waals surface area (Å²) >= 11 is 0. The molecule has 0 aliphatic carbocycles. The summed E-state index contributed by atoms with van der Waals surface area (Å²) in [7, 11) is 4.02. The number of hydrogen-bond acceptors (Lipinski definition) is 6. The molecule has 0 fully saturated rings. The molecule has 0 aliphatic heterocycles. The molecule has 0 saturated carbocycles. The van der Waals surface area contributed by atoms with Crippen LogP contribution in [0.1, 0.15) is 5.56 Å². The minimum Gasteiger partial charge on any atom is -0.493 e. The van der Waals surface area contributed by atoms with Gasteiger partial charge in [0.15, 0.2) is 11.5 Å². The first-order valence-corrected chi connectivity index (χ1v) is 7.06. The summed E-state index contributed by atoms with van der Waals surface area (Å²) in [4.78, 5) is 11.9. The third-order valence-electron chi connectivity index (χ3n) is 2.96. The van der Waals surface area contributed by atoms with Crippen LogP contribution in [0, 0.1) is 11.3 Å². The van der Waals surface area contributed by atoms with E-state index in [9.17, 15) is 13.6 Å². The molecule has 7 nitrogen and oxygen atoms in total. The molecule has 1 aromatic rings. The number of methoxy groups -OCH3 is 3. The Labute approximate surface area is 143 Å². The molecule has 0 bridgehead atoms. The van der Waals surface area contributed by atoms with E-state index in [-0.39, 0.29) is 29.4 Å². The van der Waals surface area contributed by atoms with E-state index in [1.807, 2.05) is 0 Å². The van der Waals surface area contributed by atoms with Crippen LogP contribution in [0.15, 0.2) is 17.7 Å². The fourth-order valence-corrected chi connectivity index (χ4v) is 1.87. The Hall–Kier alpha value is -2.86. The van der Waals surface area contributed by atoms with Gasteiger partial charge in [-0.25, -0.2) is 0 Å². The van der Waals surface area contributed by atoms with E-state index in [1.165, 1.54) is 39.5 Å². The van der Waals surface area contributed by atoms with E-state index in [2.05, 4.69) is 10.1 Å². The van der Waals surface area contributed by atoms with Gasteiger partial charge >= 0.3 is 6.61 Å². The maximum absolute atomic E-state index is 12.5. The van der Waals surface area contributed by atoms with Crippen molar-refractivity contribution >= 4 is 12.0 Å². The molecule has 1 amide bonds. The number of benzene rings is 1. The predicted octanol–water partition coefficient (Wildman–Crippen LogP) is 1.97. The van der Waals surface area contributed by atoms with Crippen LogP contribution in [0.3, 0.4) is 0 Å². The Morgan fingerprint density at radius 2 is 1.88 bits per heavy atom. The third-order valence-corrected chi connectivity index (χ3v) is 2.96. The van der Waals surface area contributed by atoms with Gasteiger partial charge in [0, 0.05) is 13.7 Å². The first kappa shape index (κ1) is 20.2. The molecular formula is C16H18F2N2O5. The Morgan fingerprint density at radius 3 is 2.32 bits per heavy atom. The smallest absolute Gasteiger partial charge is 0.387 e. The summed E-state index contributed by atoms with van der Waals surface area (Å²) in [5.74, 6) is -0.920. The number of nitrogens with zero attached hydrogens (tertiary/aromatic N) is 1. The number of amides is 1. The molecule has 9 heteroatoms. The van der Waals surface area contributed by atoms with Gasteiger partial charge in [0.2, 0.25) is 5.75 Å². The standard InChI is InChI=1S/C16H18F2N2O5/c1-22-5-4-20-15(21)11(9-19)6-10-7-12(23-2)14(25-16(17)18)13(8-10)24-3/h6-8,16H,4-5H2,1-3H3,(H,20,21)/b11-6+. The predicted molar refractivity (Wildman–Crippen MR) is 84.7 cm³/mol. The third kappa shape index (κ3) is 5.93. The van der Waals surface area contributed by atoms with Crippen LogP contribution in [0.5, 0.6) is 17.2 Å². The van der Waals surface area contributed by atoms with E-state index in [0.717, 1.165) is 0 Å². The summed E-state index contributed by atoms with van der Waals surface area (Å²) < 4.78 is 44.3. The summed E-state index contributed by atoms with van der Waals surface area (Å²) in [6, 6.07) is 4.47. The number of halogens is 2. The number of hydrogen-bond donors (Lipinski definition) is 1. The van der Waals surface area contributed by atoms with E-state index in [0.29, 0.717) is 12.2 Å². The highest BCUT2D eigenvalue weighted by Gasteiger charge is 2.18. The SMILES string of the molecule is COCCNC(=O)/C(C#N)=C/c1cc(OC)c(OC(F)F)c(OC)c1. The topological polar surface area (TPSA) is 89.8 Å². The first-order chi connectivity index (χ1) is 12.0. The van der Waals surface area contributed by atoms with Crippen molar-refractivity contribution in [1.29, 1.82) is 5.26 Å². The van der Waals surface area contributed by atoms with Gasteiger partial charge in [0.25, 0.3) is 5.91 Å². The van der Waals surface area contributed by atoms with Crippen molar-refractivity contribution in [3.63, 3.8) is 0 Å². The van der Waals surface area contributed by atoms with Crippen LogP contribution >= 0.6 is 0 Å². The van der Waals surface area contributed by atoms with Gasteiger partial charge in [0.05, 0.1) is 20.8 Å². The van der Waals surface area contributed by atoms with Crippen molar-refractivity contribution in [3.8, 4) is 23.3 Å². The van der Waals surface area contributed by atoms with Crippen LogP contribution in [0.4, 0.5) is 8.78 Å². The number of nitrogens with one attached hydrogen (secondary N) is 1. The first-order valence-electron chi connectivity index (χ1n) is 7.06. The largest absolute Gasteiger partial charge is 0.493 e. The number of carbonyl (C=O) groups excluding carboxylic acids is 1. The Kier molecular flexibility index (Phi) is 8.15. The molecule has 136 valence electrons. The van der Waals surface area contributed by atoms with Crippen LogP contribution in [-0.4, -0.2) is 47.0 Å². The van der Waals surface area contributed by atoms with Crippen molar-refractivity contribution in [2.24, 2.45) is 0 Å². The van der Waals surface area contributed by atoms with Crippen molar-refractivity contribution in [1.82, 2.24) is 5.32 Å². The molecule has 1 aromatic carbocycles. The second kappa shape index (κ2) is 10.1. The summed E-state index contributed by atoms with van der Waals surface area (Å²) in [5, 5.41) is 11.7. The Balaban J connectivity index is 3.19. The van der Waals surface area contributed by atoms with Crippen LogP contribution in [0.2, 0.25) is 0 Å². The monoisotopic (exact) mass is 356 g/mol. The number of ether oxygens (including phenoxy) is 4. The van der Waals surface area contributed by atoms with Crippen LogP contribution in [0.25, 0.3) is 6.08 Å². The molecule has 0 unspecified atom stereocenters. The number of nitriles is 1. The molecular weight excluding hydrogens is 338 g/mol.